The van der Waals surface area contributed by atoms with Crippen LogP contribution in [0.3, 0.4) is 0 Å². The quantitative estimate of drug-likeness (QED) is 0.692. The Labute approximate surface area is 141 Å². The lowest BCUT2D eigenvalue weighted by Crippen LogP contribution is -2.39. The van der Waals surface area contributed by atoms with Crippen molar-refractivity contribution < 1.29 is 27.4 Å². The normalized spacial score (nSPS) is 17.5. The van der Waals surface area contributed by atoms with Crippen LogP contribution in [0.25, 0.3) is 0 Å². The highest BCUT2D eigenvalue weighted by Gasteiger charge is 2.21. The van der Waals surface area contributed by atoms with Gasteiger partial charge < -0.3 is 19.5 Å². The van der Waals surface area contributed by atoms with Crippen molar-refractivity contribution in [3.63, 3.8) is 0 Å². The second-order valence-corrected chi connectivity index (χ2v) is 7.02. The maximum absolute atomic E-state index is 12.3. The number of benzene rings is 1. The lowest BCUT2D eigenvalue weighted by Gasteiger charge is -2.13. The minimum Gasteiger partial charge on any atom is -0.497 e. The number of hydrogen-bond donors (Lipinski definition) is 2. The Morgan fingerprint density at radius 3 is 2.75 bits per heavy atom. The predicted octanol–water partition coefficient (Wildman–Crippen LogP) is 0.277. The SMILES string of the molecule is COc1ccc(S(=O)(=O)NCC(=O)NCC2CCCO2)c(OC)c1. The van der Waals surface area contributed by atoms with Crippen molar-refractivity contribution in [1.29, 1.82) is 0 Å². The summed E-state index contributed by atoms with van der Waals surface area (Å²) in [5.41, 5.74) is 0. The third kappa shape index (κ3) is 4.83. The highest BCUT2D eigenvalue weighted by molar-refractivity contribution is 7.89. The van der Waals surface area contributed by atoms with Crippen molar-refractivity contribution >= 4 is 15.9 Å². The monoisotopic (exact) mass is 358 g/mol. The van der Waals surface area contributed by atoms with E-state index in [1.54, 1.807) is 0 Å². The summed E-state index contributed by atoms with van der Waals surface area (Å²) in [6.07, 6.45) is 1.88. The molecule has 2 rings (SSSR count). The molecule has 0 bridgehead atoms. The van der Waals surface area contributed by atoms with E-state index in [0.29, 0.717) is 18.9 Å². The zero-order valence-electron chi connectivity index (χ0n) is 13.7. The van der Waals surface area contributed by atoms with Crippen LogP contribution >= 0.6 is 0 Å². The van der Waals surface area contributed by atoms with Crippen molar-refractivity contribution in [3.05, 3.63) is 18.2 Å². The van der Waals surface area contributed by atoms with Crippen molar-refractivity contribution in [2.45, 2.75) is 23.8 Å². The fourth-order valence-electron chi connectivity index (χ4n) is 2.33. The van der Waals surface area contributed by atoms with Crippen LogP contribution in [0, 0.1) is 0 Å². The Kier molecular flexibility index (Phi) is 6.41. The van der Waals surface area contributed by atoms with Crippen LogP contribution in [0.1, 0.15) is 12.8 Å². The molecule has 1 amide bonds. The summed E-state index contributed by atoms with van der Waals surface area (Å²) in [6.45, 7) is 0.723. The maximum Gasteiger partial charge on any atom is 0.244 e. The van der Waals surface area contributed by atoms with Gasteiger partial charge in [-0.05, 0) is 25.0 Å². The lowest BCUT2D eigenvalue weighted by molar-refractivity contribution is -0.120. The topological polar surface area (TPSA) is 103 Å². The Bertz CT molecular complexity index is 671. The number of carbonyl (C=O) groups is 1. The second kappa shape index (κ2) is 8.32. The van der Waals surface area contributed by atoms with E-state index in [-0.39, 0.29) is 23.3 Å². The highest BCUT2D eigenvalue weighted by Crippen LogP contribution is 2.28. The fraction of sp³-hybridized carbons (Fsp3) is 0.533. The lowest BCUT2D eigenvalue weighted by atomic mass is 10.2. The molecule has 1 aliphatic rings. The first-order valence-electron chi connectivity index (χ1n) is 7.56. The molecule has 1 saturated heterocycles. The molecule has 0 aromatic heterocycles. The van der Waals surface area contributed by atoms with Gasteiger partial charge >= 0.3 is 0 Å². The van der Waals surface area contributed by atoms with E-state index < -0.39 is 15.9 Å². The van der Waals surface area contributed by atoms with Gasteiger partial charge in [-0.1, -0.05) is 0 Å². The standard InChI is InChI=1S/C15H22N2O6S/c1-21-11-5-6-14(13(8-11)22-2)24(19,20)17-10-15(18)16-9-12-4-3-7-23-12/h5-6,8,12,17H,3-4,7,9-10H2,1-2H3,(H,16,18). The Morgan fingerprint density at radius 2 is 2.12 bits per heavy atom. The molecular formula is C15H22N2O6S. The molecule has 0 aliphatic carbocycles. The summed E-state index contributed by atoms with van der Waals surface area (Å²) in [7, 11) is -1.05. The van der Waals surface area contributed by atoms with Gasteiger partial charge in [-0.2, -0.15) is 0 Å². The van der Waals surface area contributed by atoms with Gasteiger partial charge in [-0.15, -0.1) is 0 Å². The summed E-state index contributed by atoms with van der Waals surface area (Å²) in [5.74, 6) is 0.197. The largest absolute Gasteiger partial charge is 0.497 e. The van der Waals surface area contributed by atoms with Crippen LogP contribution in [0.4, 0.5) is 0 Å². The van der Waals surface area contributed by atoms with Crippen LogP contribution in [-0.4, -0.2) is 54.3 Å². The molecule has 0 radical (unpaired) electrons. The van der Waals surface area contributed by atoms with E-state index in [4.69, 9.17) is 14.2 Å². The van der Waals surface area contributed by atoms with Crippen molar-refractivity contribution in [1.82, 2.24) is 10.0 Å². The molecule has 8 nitrogen and oxygen atoms in total. The van der Waals surface area contributed by atoms with Gasteiger partial charge in [0.25, 0.3) is 0 Å². The van der Waals surface area contributed by atoms with Gasteiger partial charge in [0.15, 0.2) is 0 Å². The summed E-state index contributed by atoms with van der Waals surface area (Å²) >= 11 is 0. The number of hydrogen-bond acceptors (Lipinski definition) is 6. The van der Waals surface area contributed by atoms with Gasteiger partial charge in [0.1, 0.15) is 16.4 Å². The van der Waals surface area contributed by atoms with E-state index in [1.807, 2.05) is 0 Å². The number of ether oxygens (including phenoxy) is 3. The van der Waals surface area contributed by atoms with E-state index in [1.165, 1.54) is 32.4 Å². The molecule has 24 heavy (non-hydrogen) atoms. The molecule has 9 heteroatoms. The molecule has 1 heterocycles. The average molecular weight is 358 g/mol. The molecule has 134 valence electrons. The first-order chi connectivity index (χ1) is 11.5. The third-order valence-electron chi connectivity index (χ3n) is 3.63. The smallest absolute Gasteiger partial charge is 0.244 e. The minimum atomic E-state index is -3.88. The van der Waals surface area contributed by atoms with E-state index in [0.717, 1.165) is 12.8 Å². The van der Waals surface area contributed by atoms with Gasteiger partial charge in [0.05, 0.1) is 26.9 Å². The molecule has 1 fully saturated rings. The molecule has 1 aromatic carbocycles. The maximum atomic E-state index is 12.3. The van der Waals surface area contributed by atoms with Gasteiger partial charge in [0, 0.05) is 19.2 Å². The van der Waals surface area contributed by atoms with Crippen molar-refractivity contribution in [2.24, 2.45) is 0 Å². The zero-order chi connectivity index (χ0) is 17.6. The number of sulfonamides is 1. The summed E-state index contributed by atoms with van der Waals surface area (Å²) < 4.78 is 42.4. The van der Waals surface area contributed by atoms with Crippen LogP contribution in [0.2, 0.25) is 0 Å². The molecule has 1 aromatic rings. The molecule has 1 aliphatic heterocycles. The summed E-state index contributed by atoms with van der Waals surface area (Å²) in [4.78, 5) is 11.7. The second-order valence-electron chi connectivity index (χ2n) is 5.28. The summed E-state index contributed by atoms with van der Waals surface area (Å²) in [6, 6.07) is 4.34. The first kappa shape index (κ1) is 18.5. The van der Waals surface area contributed by atoms with Gasteiger partial charge in [-0.25, -0.2) is 13.1 Å². The Balaban J connectivity index is 1.94. The van der Waals surface area contributed by atoms with Crippen LogP contribution < -0.4 is 19.5 Å². The van der Waals surface area contributed by atoms with E-state index >= 15 is 0 Å². The number of carbonyl (C=O) groups excluding carboxylic acids is 1. The summed E-state index contributed by atoms with van der Waals surface area (Å²) in [5, 5.41) is 2.65. The first-order valence-corrected chi connectivity index (χ1v) is 9.04. The number of methoxy groups -OCH3 is 2. The molecule has 2 N–H and O–H groups in total. The molecule has 1 unspecified atom stereocenters. The Hall–Kier alpha value is -1.84. The van der Waals surface area contributed by atoms with Gasteiger partial charge in [0.2, 0.25) is 15.9 Å². The predicted molar refractivity (Wildman–Crippen MR) is 86.7 cm³/mol. The van der Waals surface area contributed by atoms with Crippen LogP contribution in [-0.2, 0) is 19.6 Å². The highest BCUT2D eigenvalue weighted by atomic mass is 32.2. The number of amides is 1. The Morgan fingerprint density at radius 1 is 1.33 bits per heavy atom. The third-order valence-corrected chi connectivity index (χ3v) is 5.07. The van der Waals surface area contributed by atoms with E-state index in [9.17, 15) is 13.2 Å². The number of rotatable bonds is 8. The van der Waals surface area contributed by atoms with Crippen LogP contribution in [0.15, 0.2) is 23.1 Å². The molecular weight excluding hydrogens is 336 g/mol. The molecule has 0 spiro atoms. The molecule has 0 saturated carbocycles. The molecule has 1 atom stereocenters. The van der Waals surface area contributed by atoms with Crippen LogP contribution in [0.5, 0.6) is 11.5 Å². The number of nitrogens with one attached hydrogen (secondary N) is 2. The fourth-order valence-corrected chi connectivity index (χ4v) is 3.46. The van der Waals surface area contributed by atoms with Crippen molar-refractivity contribution in [2.75, 3.05) is 33.9 Å². The van der Waals surface area contributed by atoms with Gasteiger partial charge in [-0.3, -0.25) is 4.79 Å². The zero-order valence-corrected chi connectivity index (χ0v) is 14.5. The average Bonchev–Trinajstić information content (AvgIpc) is 3.11. The minimum absolute atomic E-state index is 0.00670. The van der Waals surface area contributed by atoms with E-state index in [2.05, 4.69) is 10.0 Å². The van der Waals surface area contributed by atoms with Crippen molar-refractivity contribution in [3.8, 4) is 11.5 Å².